The number of aliphatic carboxylic acids is 1. The predicted octanol–water partition coefficient (Wildman–Crippen LogP) is 6.35. The number of hydrogen-bond acceptors (Lipinski definition) is 4. The van der Waals surface area contributed by atoms with Gasteiger partial charge in [-0.25, -0.2) is 18.0 Å². The highest BCUT2D eigenvalue weighted by Crippen LogP contribution is 2.39. The van der Waals surface area contributed by atoms with E-state index in [1.165, 1.54) is 51.2 Å². The first-order valence-electron chi connectivity index (χ1n) is 13.4. The minimum Gasteiger partial charge on any atom is -0.480 e. The van der Waals surface area contributed by atoms with Gasteiger partial charge in [0.05, 0.1) is 11.1 Å². The van der Waals surface area contributed by atoms with Gasteiger partial charge in [0.25, 0.3) is 11.5 Å². The van der Waals surface area contributed by atoms with Crippen LogP contribution in [-0.4, -0.2) is 33.9 Å². The van der Waals surface area contributed by atoms with Gasteiger partial charge in [0.1, 0.15) is 23.2 Å². The van der Waals surface area contributed by atoms with E-state index in [1.807, 2.05) is 0 Å². The number of anilines is 1. The van der Waals surface area contributed by atoms with E-state index in [4.69, 9.17) is 0 Å². The predicted molar refractivity (Wildman–Crippen MR) is 152 cm³/mol. The van der Waals surface area contributed by atoms with E-state index in [1.54, 1.807) is 6.07 Å². The molecule has 0 fully saturated rings. The molecule has 7 nitrogen and oxygen atoms in total. The van der Waals surface area contributed by atoms with Crippen molar-refractivity contribution in [2.75, 3.05) is 5.32 Å². The van der Waals surface area contributed by atoms with Gasteiger partial charge < -0.3 is 20.3 Å². The van der Waals surface area contributed by atoms with E-state index in [-0.39, 0.29) is 34.3 Å². The Morgan fingerprint density at radius 3 is 2.18 bits per heavy atom. The second-order valence-corrected chi connectivity index (χ2v) is 10.2. The zero-order valence-corrected chi connectivity index (χ0v) is 23.7. The summed E-state index contributed by atoms with van der Waals surface area (Å²) in [6.45, 7) is 2.87. The second kappa shape index (κ2) is 12.4. The van der Waals surface area contributed by atoms with Gasteiger partial charge >= 0.3 is 12.1 Å². The SMILES string of the molecule is CC[C@H](F)Nc1cc(F)c(C(=O)N[C@@H](Cc2ccc(-c3c(C(F)(F)F)cc(C)n(C)c3=O)c3ccccc23)C(=O)O)c(F)c1. The summed E-state index contributed by atoms with van der Waals surface area (Å²) < 4.78 is 86.2. The molecule has 2 atom stereocenters. The van der Waals surface area contributed by atoms with Crippen LogP contribution < -0.4 is 16.2 Å². The molecular formula is C31H27F6N3O4. The van der Waals surface area contributed by atoms with Gasteiger partial charge in [0, 0.05) is 24.8 Å². The third-order valence-corrected chi connectivity index (χ3v) is 7.24. The van der Waals surface area contributed by atoms with Gasteiger partial charge in [-0.1, -0.05) is 43.3 Å². The molecular weight excluding hydrogens is 592 g/mol. The smallest absolute Gasteiger partial charge is 0.417 e. The largest absolute Gasteiger partial charge is 0.480 e. The van der Waals surface area contributed by atoms with Crippen molar-refractivity contribution in [1.29, 1.82) is 0 Å². The van der Waals surface area contributed by atoms with Crippen molar-refractivity contribution in [2.24, 2.45) is 7.05 Å². The molecule has 232 valence electrons. The zero-order chi connectivity index (χ0) is 32.5. The Bertz CT molecular complexity index is 1800. The highest BCUT2D eigenvalue weighted by atomic mass is 19.4. The van der Waals surface area contributed by atoms with Crippen LogP contribution in [0.25, 0.3) is 21.9 Å². The fourth-order valence-corrected chi connectivity index (χ4v) is 4.87. The summed E-state index contributed by atoms with van der Waals surface area (Å²) in [6.07, 6.45) is -6.87. The molecule has 0 bridgehead atoms. The van der Waals surface area contributed by atoms with E-state index in [0.29, 0.717) is 17.5 Å². The van der Waals surface area contributed by atoms with Crippen molar-refractivity contribution < 1.29 is 41.0 Å². The molecule has 0 aliphatic rings. The van der Waals surface area contributed by atoms with E-state index in [0.717, 1.165) is 10.6 Å². The first kappa shape index (κ1) is 32.1. The Morgan fingerprint density at radius 2 is 1.61 bits per heavy atom. The molecule has 0 saturated heterocycles. The van der Waals surface area contributed by atoms with Crippen molar-refractivity contribution in [3.63, 3.8) is 0 Å². The fourth-order valence-electron chi connectivity index (χ4n) is 4.87. The number of nitrogens with one attached hydrogen (secondary N) is 2. The average Bonchev–Trinajstić information content (AvgIpc) is 2.94. The number of aryl methyl sites for hydroxylation is 1. The second-order valence-electron chi connectivity index (χ2n) is 10.2. The van der Waals surface area contributed by atoms with Crippen LogP contribution in [0.15, 0.2) is 59.4 Å². The summed E-state index contributed by atoms with van der Waals surface area (Å²) in [7, 11) is 1.34. The first-order chi connectivity index (χ1) is 20.6. The Labute approximate surface area is 247 Å². The van der Waals surface area contributed by atoms with Crippen LogP contribution in [0, 0.1) is 18.6 Å². The number of nitrogens with zero attached hydrogens (tertiary/aromatic N) is 1. The number of carbonyl (C=O) groups is 2. The molecule has 0 spiro atoms. The molecule has 3 N–H and O–H groups in total. The van der Waals surface area contributed by atoms with Crippen molar-refractivity contribution in [1.82, 2.24) is 9.88 Å². The monoisotopic (exact) mass is 619 g/mol. The molecule has 4 aromatic rings. The molecule has 1 amide bonds. The minimum atomic E-state index is -4.85. The van der Waals surface area contributed by atoms with Gasteiger partial charge in [-0.2, -0.15) is 13.2 Å². The maximum atomic E-state index is 14.7. The maximum Gasteiger partial charge on any atom is 0.417 e. The number of benzene rings is 3. The Balaban J connectivity index is 1.73. The molecule has 3 aromatic carbocycles. The molecule has 1 aromatic heterocycles. The summed E-state index contributed by atoms with van der Waals surface area (Å²) in [5.41, 5.74) is -3.61. The molecule has 4 rings (SSSR count). The molecule has 0 saturated carbocycles. The van der Waals surface area contributed by atoms with Crippen LogP contribution in [0.5, 0.6) is 0 Å². The number of fused-ring (bicyclic) bond motifs is 1. The van der Waals surface area contributed by atoms with Crippen LogP contribution >= 0.6 is 0 Å². The number of pyridine rings is 1. The number of rotatable bonds is 9. The first-order valence-corrected chi connectivity index (χ1v) is 13.4. The summed E-state index contributed by atoms with van der Waals surface area (Å²) in [4.78, 5) is 38.0. The zero-order valence-electron chi connectivity index (χ0n) is 23.7. The lowest BCUT2D eigenvalue weighted by Crippen LogP contribution is -2.43. The maximum absolute atomic E-state index is 14.7. The van der Waals surface area contributed by atoms with E-state index >= 15 is 0 Å². The number of carbonyl (C=O) groups excluding carboxylic acids is 1. The standard InChI is InChI=1S/C31H27F6N3O4/c1-4-25(34)38-17-13-22(32)27(23(33)14-17)28(41)39-24(30(43)44)12-16-9-10-20(19-8-6-5-7-18(16)19)26-21(31(35,36)37)11-15(2)40(3)29(26)42/h5-11,13-14,24-25,38H,4,12H2,1-3H3,(H,39,41)(H,43,44)/t24-,25+/m0/s1. The molecule has 44 heavy (non-hydrogen) atoms. The van der Waals surface area contributed by atoms with Gasteiger partial charge in [0.2, 0.25) is 0 Å². The fraction of sp³-hybridized carbons (Fsp3) is 0.258. The quantitative estimate of drug-likeness (QED) is 0.150. The van der Waals surface area contributed by atoms with Gasteiger partial charge in [0.15, 0.2) is 6.30 Å². The van der Waals surface area contributed by atoms with Crippen LogP contribution in [0.4, 0.5) is 32.0 Å². The third-order valence-electron chi connectivity index (χ3n) is 7.24. The number of carboxylic acids is 1. The van der Waals surface area contributed by atoms with Crippen molar-refractivity contribution in [2.45, 2.75) is 45.2 Å². The number of halogens is 6. The van der Waals surface area contributed by atoms with Crippen LogP contribution in [0.2, 0.25) is 0 Å². The lowest BCUT2D eigenvalue weighted by atomic mass is 9.90. The highest BCUT2D eigenvalue weighted by molar-refractivity contribution is 6.00. The lowest BCUT2D eigenvalue weighted by molar-refractivity contribution is -0.139. The number of hydrogen-bond donors (Lipinski definition) is 3. The normalized spacial score (nSPS) is 13.0. The highest BCUT2D eigenvalue weighted by Gasteiger charge is 2.36. The summed E-state index contributed by atoms with van der Waals surface area (Å²) in [5.74, 6) is -5.65. The molecule has 0 radical (unpaired) electrons. The number of carboxylic acid groups (broad SMARTS) is 1. The Kier molecular flexibility index (Phi) is 9.07. The molecule has 0 aliphatic carbocycles. The van der Waals surface area contributed by atoms with Gasteiger partial charge in [-0.05, 0) is 53.4 Å². The topological polar surface area (TPSA) is 100 Å². The van der Waals surface area contributed by atoms with Crippen molar-refractivity contribution in [3.05, 3.63) is 99.0 Å². The third kappa shape index (κ3) is 6.41. The van der Waals surface area contributed by atoms with Crippen LogP contribution in [-0.2, 0) is 24.4 Å². The summed E-state index contributed by atoms with van der Waals surface area (Å²) >= 11 is 0. The van der Waals surface area contributed by atoms with E-state index in [2.05, 4.69) is 10.6 Å². The summed E-state index contributed by atoms with van der Waals surface area (Å²) in [6, 6.07) is 9.23. The number of amides is 1. The van der Waals surface area contributed by atoms with Crippen LogP contribution in [0.1, 0.15) is 40.5 Å². The molecule has 1 heterocycles. The average molecular weight is 620 g/mol. The number of aromatic nitrogens is 1. The summed E-state index contributed by atoms with van der Waals surface area (Å²) in [5, 5.41) is 14.7. The molecule has 13 heteroatoms. The lowest BCUT2D eigenvalue weighted by Gasteiger charge is -2.20. The van der Waals surface area contributed by atoms with Gasteiger partial charge in [-0.3, -0.25) is 9.59 Å². The van der Waals surface area contributed by atoms with E-state index in [9.17, 15) is 45.8 Å². The van der Waals surface area contributed by atoms with E-state index < -0.39 is 70.7 Å². The minimum absolute atomic E-state index is 0.00654. The number of alkyl halides is 4. The van der Waals surface area contributed by atoms with Gasteiger partial charge in [-0.15, -0.1) is 0 Å². The van der Waals surface area contributed by atoms with Crippen LogP contribution in [0.3, 0.4) is 0 Å². The molecule has 0 unspecified atom stereocenters. The van der Waals surface area contributed by atoms with Crippen molar-refractivity contribution in [3.8, 4) is 11.1 Å². The Morgan fingerprint density at radius 1 is 1.00 bits per heavy atom. The molecule has 0 aliphatic heterocycles. The Hall–Kier alpha value is -4.81. The van der Waals surface area contributed by atoms with Crippen molar-refractivity contribution >= 4 is 28.3 Å².